The molecule has 0 fully saturated rings. The third-order valence-corrected chi connectivity index (χ3v) is 5.34. The molecule has 4 aromatic rings. The minimum absolute atomic E-state index is 0.0766. The maximum Gasteiger partial charge on any atom is 0.234 e. The van der Waals surface area contributed by atoms with E-state index in [1.807, 2.05) is 59.9 Å². The Kier molecular flexibility index (Phi) is 5.00. The van der Waals surface area contributed by atoms with Gasteiger partial charge in [-0.05, 0) is 36.8 Å². The second-order valence-electron chi connectivity index (χ2n) is 6.98. The van der Waals surface area contributed by atoms with Crippen LogP contribution in [0.15, 0.2) is 53.6 Å². The molecule has 6 nitrogen and oxygen atoms in total. The summed E-state index contributed by atoms with van der Waals surface area (Å²) in [7, 11) is 0. The van der Waals surface area contributed by atoms with Crippen LogP contribution in [0.25, 0.3) is 16.7 Å². The van der Waals surface area contributed by atoms with Crippen molar-refractivity contribution in [1.29, 1.82) is 0 Å². The molecule has 2 heterocycles. The average molecular weight is 392 g/mol. The highest BCUT2D eigenvalue weighted by Gasteiger charge is 2.18. The third-order valence-electron chi connectivity index (χ3n) is 4.38. The smallest absolute Gasteiger partial charge is 0.234 e. The number of aryl methyl sites for hydroxylation is 1. The highest BCUT2D eigenvalue weighted by Crippen LogP contribution is 2.27. The lowest BCUT2D eigenvalue weighted by Gasteiger charge is -2.10. The van der Waals surface area contributed by atoms with E-state index < -0.39 is 0 Å². The number of nitrogens with zero attached hydrogens (tertiary/aromatic N) is 4. The number of anilines is 1. The minimum Gasteiger partial charge on any atom is -0.325 e. The van der Waals surface area contributed by atoms with Gasteiger partial charge in [-0.1, -0.05) is 49.9 Å². The molecule has 0 aliphatic carbocycles. The monoisotopic (exact) mass is 391 g/mol. The molecule has 4 rings (SSSR count). The normalized spacial score (nSPS) is 11.4. The van der Waals surface area contributed by atoms with Crippen LogP contribution in [0.2, 0.25) is 0 Å². The van der Waals surface area contributed by atoms with Gasteiger partial charge in [0.1, 0.15) is 10.9 Å². The standard InChI is InChI=1S/C21H21N5OS/c1-13(2)19-24-25-20-21(23-16-9-4-5-10-17(16)26(19)20)28-12-18(27)22-15-8-6-7-14(3)11-15/h4-11,13H,12H2,1-3H3,(H,22,27). The molecular formula is C21H21N5OS. The largest absolute Gasteiger partial charge is 0.325 e. The van der Waals surface area contributed by atoms with Crippen molar-refractivity contribution in [2.45, 2.75) is 31.7 Å². The summed E-state index contributed by atoms with van der Waals surface area (Å²) < 4.78 is 2.05. The number of carbonyl (C=O) groups is 1. The first-order valence-electron chi connectivity index (χ1n) is 9.16. The second kappa shape index (κ2) is 7.59. The van der Waals surface area contributed by atoms with Crippen molar-refractivity contribution in [3.05, 3.63) is 59.9 Å². The molecule has 28 heavy (non-hydrogen) atoms. The zero-order valence-electron chi connectivity index (χ0n) is 16.0. The number of thioether (sulfide) groups is 1. The molecule has 1 N–H and O–H groups in total. The first kappa shape index (κ1) is 18.4. The van der Waals surface area contributed by atoms with Crippen LogP contribution in [0.5, 0.6) is 0 Å². The van der Waals surface area contributed by atoms with Crippen LogP contribution in [0, 0.1) is 6.92 Å². The van der Waals surface area contributed by atoms with Gasteiger partial charge in [-0.15, -0.1) is 10.2 Å². The van der Waals surface area contributed by atoms with E-state index >= 15 is 0 Å². The molecule has 2 aromatic carbocycles. The molecule has 0 bridgehead atoms. The van der Waals surface area contributed by atoms with Crippen LogP contribution < -0.4 is 5.32 Å². The zero-order chi connectivity index (χ0) is 19.7. The highest BCUT2D eigenvalue weighted by atomic mass is 32.2. The van der Waals surface area contributed by atoms with Crippen molar-refractivity contribution in [1.82, 2.24) is 19.6 Å². The number of fused-ring (bicyclic) bond motifs is 3. The number of benzene rings is 2. The number of hydrogen-bond acceptors (Lipinski definition) is 5. The third kappa shape index (κ3) is 3.57. The lowest BCUT2D eigenvalue weighted by atomic mass is 10.2. The van der Waals surface area contributed by atoms with Crippen LogP contribution in [0.1, 0.15) is 31.2 Å². The molecule has 0 atom stereocenters. The average Bonchev–Trinajstić information content (AvgIpc) is 3.12. The van der Waals surface area contributed by atoms with Crippen molar-refractivity contribution in [3.63, 3.8) is 0 Å². The van der Waals surface area contributed by atoms with Crippen LogP contribution in [-0.2, 0) is 4.79 Å². The Morgan fingerprint density at radius 3 is 2.75 bits per heavy atom. The number of rotatable bonds is 5. The number of amides is 1. The van der Waals surface area contributed by atoms with Crippen molar-refractivity contribution >= 4 is 40.0 Å². The van der Waals surface area contributed by atoms with Gasteiger partial charge < -0.3 is 5.32 Å². The highest BCUT2D eigenvalue weighted by molar-refractivity contribution is 8.00. The Morgan fingerprint density at radius 1 is 1.14 bits per heavy atom. The van der Waals surface area contributed by atoms with Crippen LogP contribution in [0.4, 0.5) is 5.69 Å². The summed E-state index contributed by atoms with van der Waals surface area (Å²) in [4.78, 5) is 17.1. The predicted octanol–water partition coefficient (Wildman–Crippen LogP) is 4.44. The van der Waals surface area contributed by atoms with E-state index in [-0.39, 0.29) is 17.6 Å². The molecule has 7 heteroatoms. The number of para-hydroxylation sites is 2. The molecule has 0 saturated carbocycles. The topological polar surface area (TPSA) is 72.2 Å². The number of aromatic nitrogens is 4. The van der Waals surface area contributed by atoms with Gasteiger partial charge in [0.05, 0.1) is 16.8 Å². The van der Waals surface area contributed by atoms with Crippen LogP contribution in [-0.4, -0.2) is 31.2 Å². The minimum atomic E-state index is -0.0766. The molecule has 0 saturated heterocycles. The number of carbonyl (C=O) groups excluding carboxylic acids is 1. The fourth-order valence-corrected chi connectivity index (χ4v) is 3.87. The Balaban J connectivity index is 1.64. The quantitative estimate of drug-likeness (QED) is 0.509. The van der Waals surface area contributed by atoms with Crippen LogP contribution in [0.3, 0.4) is 0 Å². The Hall–Kier alpha value is -2.93. The first-order valence-corrected chi connectivity index (χ1v) is 10.1. The summed E-state index contributed by atoms with van der Waals surface area (Å²) in [6, 6.07) is 15.7. The van der Waals surface area contributed by atoms with Gasteiger partial charge in [0.25, 0.3) is 0 Å². The number of nitrogens with one attached hydrogen (secondary N) is 1. The van der Waals surface area contributed by atoms with Gasteiger partial charge in [-0.25, -0.2) is 4.98 Å². The lowest BCUT2D eigenvalue weighted by molar-refractivity contribution is -0.113. The van der Waals surface area contributed by atoms with Gasteiger partial charge in [-0.2, -0.15) is 0 Å². The maximum atomic E-state index is 12.4. The van der Waals surface area contributed by atoms with E-state index in [4.69, 9.17) is 4.98 Å². The fraction of sp³-hybridized carbons (Fsp3) is 0.238. The maximum absolute atomic E-state index is 12.4. The molecule has 0 spiro atoms. The summed E-state index contributed by atoms with van der Waals surface area (Å²) in [5.41, 5.74) is 4.42. The number of hydrogen-bond donors (Lipinski definition) is 1. The van der Waals surface area contributed by atoms with E-state index in [0.29, 0.717) is 10.7 Å². The Morgan fingerprint density at radius 2 is 1.96 bits per heavy atom. The fourth-order valence-electron chi connectivity index (χ4n) is 3.10. The molecule has 0 aliphatic heterocycles. The molecule has 1 amide bonds. The van der Waals surface area contributed by atoms with Crippen molar-refractivity contribution in [3.8, 4) is 0 Å². The van der Waals surface area contributed by atoms with Gasteiger partial charge in [0.15, 0.2) is 5.65 Å². The molecular weight excluding hydrogens is 370 g/mol. The predicted molar refractivity (Wildman–Crippen MR) is 113 cm³/mol. The van der Waals surface area contributed by atoms with Gasteiger partial charge in [0, 0.05) is 11.6 Å². The van der Waals surface area contributed by atoms with Crippen molar-refractivity contribution in [2.75, 3.05) is 11.1 Å². The molecule has 0 radical (unpaired) electrons. The van der Waals surface area contributed by atoms with Crippen molar-refractivity contribution in [2.24, 2.45) is 0 Å². The van der Waals surface area contributed by atoms with Crippen LogP contribution >= 0.6 is 11.8 Å². The first-order chi connectivity index (χ1) is 13.5. The summed E-state index contributed by atoms with van der Waals surface area (Å²) in [6.45, 7) is 6.18. The summed E-state index contributed by atoms with van der Waals surface area (Å²) >= 11 is 1.37. The Labute approximate surface area is 167 Å². The molecule has 0 aliphatic rings. The van der Waals surface area contributed by atoms with Gasteiger partial charge in [-0.3, -0.25) is 9.20 Å². The van der Waals surface area contributed by atoms with E-state index in [9.17, 15) is 4.79 Å². The summed E-state index contributed by atoms with van der Waals surface area (Å²) in [5.74, 6) is 1.29. The van der Waals surface area contributed by atoms with Crippen molar-refractivity contribution < 1.29 is 4.79 Å². The van der Waals surface area contributed by atoms with E-state index in [2.05, 4.69) is 29.4 Å². The zero-order valence-corrected chi connectivity index (χ0v) is 16.8. The van der Waals surface area contributed by atoms with Gasteiger partial charge >= 0.3 is 0 Å². The lowest BCUT2D eigenvalue weighted by Crippen LogP contribution is -2.14. The van der Waals surface area contributed by atoms with E-state index in [1.54, 1.807) is 0 Å². The molecule has 2 aromatic heterocycles. The Bertz CT molecular complexity index is 1170. The molecule has 0 unspecified atom stereocenters. The SMILES string of the molecule is Cc1cccc(NC(=O)CSc2nc3ccccc3n3c(C(C)C)nnc23)c1. The summed E-state index contributed by atoms with van der Waals surface area (Å²) in [5, 5.41) is 12.4. The molecule has 142 valence electrons. The van der Waals surface area contributed by atoms with Gasteiger partial charge in [0.2, 0.25) is 5.91 Å². The van der Waals surface area contributed by atoms with E-state index in [1.165, 1.54) is 11.8 Å². The second-order valence-corrected chi connectivity index (χ2v) is 7.95. The van der Waals surface area contributed by atoms with E-state index in [0.717, 1.165) is 28.1 Å². The summed E-state index contributed by atoms with van der Waals surface area (Å²) in [6.07, 6.45) is 0.